The Bertz CT molecular complexity index is 908. The zero-order valence-corrected chi connectivity index (χ0v) is 18.3. The molecule has 0 bridgehead atoms. The van der Waals surface area contributed by atoms with Crippen LogP contribution in [-0.4, -0.2) is 33.6 Å². The molecule has 1 saturated carbocycles. The molecule has 2 amide bonds. The van der Waals surface area contributed by atoms with Crippen molar-refractivity contribution in [2.24, 2.45) is 0 Å². The van der Waals surface area contributed by atoms with Crippen LogP contribution in [0.4, 0.5) is 10.5 Å². The largest absolute Gasteiger partial charge is 0.338 e. The Labute approximate surface area is 179 Å². The van der Waals surface area contributed by atoms with Crippen LogP contribution in [0.25, 0.3) is 0 Å². The summed E-state index contributed by atoms with van der Waals surface area (Å²) in [7, 11) is -3.69. The van der Waals surface area contributed by atoms with Crippen LogP contribution in [0.3, 0.4) is 0 Å². The number of hydrogen-bond acceptors (Lipinski definition) is 3. The molecule has 1 aliphatic rings. The summed E-state index contributed by atoms with van der Waals surface area (Å²) in [4.78, 5) is 12.4. The number of aryl methyl sites for hydroxylation is 1. The minimum absolute atomic E-state index is 0.172. The summed E-state index contributed by atoms with van der Waals surface area (Å²) in [6.07, 6.45) is 6.14. The summed E-state index contributed by atoms with van der Waals surface area (Å²) in [6.45, 7) is 2.62. The summed E-state index contributed by atoms with van der Waals surface area (Å²) < 4.78 is 27.9. The number of carbonyl (C=O) groups is 1. The zero-order chi connectivity index (χ0) is 21.4. The van der Waals surface area contributed by atoms with E-state index in [2.05, 4.69) is 10.6 Å². The van der Waals surface area contributed by atoms with Gasteiger partial charge in [-0.1, -0.05) is 55.2 Å². The molecule has 2 aromatic carbocycles. The monoisotopic (exact) mass is 429 g/mol. The molecule has 0 spiro atoms. The lowest BCUT2D eigenvalue weighted by atomic mass is 9.96. The van der Waals surface area contributed by atoms with Crippen LogP contribution in [0.1, 0.15) is 44.1 Å². The van der Waals surface area contributed by atoms with Gasteiger partial charge < -0.3 is 10.6 Å². The first-order valence-corrected chi connectivity index (χ1v) is 12.1. The number of urea groups is 1. The number of para-hydroxylation sites is 1. The fourth-order valence-corrected chi connectivity index (χ4v) is 5.23. The summed E-state index contributed by atoms with van der Waals surface area (Å²) in [5.41, 5.74) is 1.62. The molecule has 6 nitrogen and oxygen atoms in total. The number of anilines is 1. The normalized spacial score (nSPS) is 14.8. The molecule has 7 heteroatoms. The number of nitrogens with one attached hydrogen (secondary N) is 2. The highest BCUT2D eigenvalue weighted by Crippen LogP contribution is 2.24. The van der Waals surface area contributed by atoms with Crippen molar-refractivity contribution in [2.45, 2.75) is 56.4 Å². The van der Waals surface area contributed by atoms with E-state index in [-0.39, 0.29) is 23.5 Å². The van der Waals surface area contributed by atoms with Crippen molar-refractivity contribution in [1.82, 2.24) is 10.6 Å². The second kappa shape index (κ2) is 10.5. The van der Waals surface area contributed by atoms with Gasteiger partial charge in [-0.05, 0) is 50.5 Å². The highest BCUT2D eigenvalue weighted by atomic mass is 32.2. The third-order valence-corrected chi connectivity index (χ3v) is 7.26. The number of sulfonamides is 1. The van der Waals surface area contributed by atoms with E-state index < -0.39 is 10.0 Å². The van der Waals surface area contributed by atoms with Gasteiger partial charge in [-0.2, -0.15) is 0 Å². The van der Waals surface area contributed by atoms with E-state index in [0.717, 1.165) is 31.2 Å². The number of benzene rings is 2. The van der Waals surface area contributed by atoms with E-state index in [9.17, 15) is 13.2 Å². The third kappa shape index (κ3) is 5.98. The number of rotatable bonds is 8. The van der Waals surface area contributed by atoms with Gasteiger partial charge in [-0.25, -0.2) is 13.2 Å². The van der Waals surface area contributed by atoms with Crippen LogP contribution in [0.15, 0.2) is 59.5 Å². The number of carbonyl (C=O) groups excluding carboxylic acids is 1. The van der Waals surface area contributed by atoms with Crippen LogP contribution in [0.2, 0.25) is 0 Å². The molecule has 0 saturated heterocycles. The van der Waals surface area contributed by atoms with E-state index in [1.165, 1.54) is 10.7 Å². The van der Waals surface area contributed by atoms with Crippen molar-refractivity contribution in [1.29, 1.82) is 0 Å². The van der Waals surface area contributed by atoms with E-state index in [0.29, 0.717) is 18.7 Å². The van der Waals surface area contributed by atoms with E-state index in [4.69, 9.17) is 0 Å². The first kappa shape index (κ1) is 22.2. The Morgan fingerprint density at radius 3 is 2.33 bits per heavy atom. The smallest absolute Gasteiger partial charge is 0.315 e. The molecule has 1 fully saturated rings. The zero-order valence-electron chi connectivity index (χ0n) is 17.5. The molecule has 3 rings (SSSR count). The Balaban J connectivity index is 1.61. The molecule has 1 aliphatic carbocycles. The number of amides is 2. The third-order valence-electron chi connectivity index (χ3n) is 5.42. The molecule has 0 aliphatic heterocycles. The number of hydrogen-bond donors (Lipinski definition) is 2. The van der Waals surface area contributed by atoms with Gasteiger partial charge >= 0.3 is 6.03 Å². The molecule has 0 radical (unpaired) electrons. The van der Waals surface area contributed by atoms with Gasteiger partial charge in [0.25, 0.3) is 10.0 Å². The molecule has 0 unspecified atom stereocenters. The van der Waals surface area contributed by atoms with Gasteiger partial charge in [0.15, 0.2) is 0 Å². The van der Waals surface area contributed by atoms with Crippen LogP contribution in [-0.2, 0) is 10.0 Å². The van der Waals surface area contributed by atoms with Crippen molar-refractivity contribution in [2.75, 3.05) is 17.4 Å². The Morgan fingerprint density at radius 2 is 1.67 bits per heavy atom. The van der Waals surface area contributed by atoms with Crippen molar-refractivity contribution < 1.29 is 13.2 Å². The SMILES string of the molecule is Cc1ccc(S(=O)(=O)N(CCCNC(=O)NC2CCCCC2)c2ccccc2)cc1. The fourth-order valence-electron chi connectivity index (χ4n) is 3.73. The minimum atomic E-state index is -3.69. The Morgan fingerprint density at radius 1 is 1.00 bits per heavy atom. The van der Waals surface area contributed by atoms with Gasteiger partial charge in [0.05, 0.1) is 10.6 Å². The highest BCUT2D eigenvalue weighted by molar-refractivity contribution is 7.92. The second-order valence-corrected chi connectivity index (χ2v) is 9.68. The van der Waals surface area contributed by atoms with Crippen molar-refractivity contribution >= 4 is 21.7 Å². The molecule has 0 atom stereocenters. The maximum atomic E-state index is 13.3. The van der Waals surface area contributed by atoms with Crippen LogP contribution in [0.5, 0.6) is 0 Å². The fraction of sp³-hybridized carbons (Fsp3) is 0.435. The standard InChI is InChI=1S/C23H31N3O3S/c1-19-13-15-22(16-14-19)30(28,29)26(21-11-6-3-7-12-21)18-8-17-24-23(27)25-20-9-4-2-5-10-20/h3,6-7,11-16,20H,2,4-5,8-10,17-18H2,1H3,(H2,24,25,27). The molecule has 0 heterocycles. The number of nitrogens with zero attached hydrogens (tertiary/aromatic N) is 1. The highest BCUT2D eigenvalue weighted by Gasteiger charge is 2.24. The first-order chi connectivity index (χ1) is 14.5. The average molecular weight is 430 g/mol. The van der Waals surface area contributed by atoms with E-state index >= 15 is 0 Å². The predicted molar refractivity (Wildman–Crippen MR) is 120 cm³/mol. The van der Waals surface area contributed by atoms with Gasteiger partial charge in [0.2, 0.25) is 0 Å². The van der Waals surface area contributed by atoms with Gasteiger partial charge in [0.1, 0.15) is 0 Å². The minimum Gasteiger partial charge on any atom is -0.338 e. The van der Waals surface area contributed by atoms with Crippen molar-refractivity contribution in [3.05, 3.63) is 60.2 Å². The van der Waals surface area contributed by atoms with Crippen LogP contribution >= 0.6 is 0 Å². The molecule has 2 N–H and O–H groups in total. The molecule has 30 heavy (non-hydrogen) atoms. The molecule has 0 aromatic heterocycles. The van der Waals surface area contributed by atoms with Gasteiger partial charge in [0, 0.05) is 19.1 Å². The van der Waals surface area contributed by atoms with Crippen LogP contribution < -0.4 is 14.9 Å². The average Bonchev–Trinajstić information content (AvgIpc) is 2.75. The molecule has 162 valence electrons. The quantitative estimate of drug-likeness (QED) is 0.617. The summed E-state index contributed by atoms with van der Waals surface area (Å²) >= 11 is 0. The predicted octanol–water partition coefficient (Wildman–Crippen LogP) is 4.21. The van der Waals surface area contributed by atoms with Crippen molar-refractivity contribution in [3.63, 3.8) is 0 Å². The van der Waals surface area contributed by atoms with Gasteiger partial charge in [-0.3, -0.25) is 4.31 Å². The van der Waals surface area contributed by atoms with Gasteiger partial charge in [-0.15, -0.1) is 0 Å². The lowest BCUT2D eigenvalue weighted by molar-refractivity contribution is 0.232. The Hall–Kier alpha value is -2.54. The molecule has 2 aromatic rings. The molecular formula is C23H31N3O3S. The van der Waals surface area contributed by atoms with E-state index in [1.54, 1.807) is 36.4 Å². The topological polar surface area (TPSA) is 78.5 Å². The lowest BCUT2D eigenvalue weighted by Gasteiger charge is -2.25. The summed E-state index contributed by atoms with van der Waals surface area (Å²) in [5.74, 6) is 0. The second-order valence-electron chi connectivity index (χ2n) is 7.81. The lowest BCUT2D eigenvalue weighted by Crippen LogP contribution is -2.43. The molecular weight excluding hydrogens is 398 g/mol. The summed E-state index contributed by atoms with van der Waals surface area (Å²) in [6, 6.07) is 16.0. The van der Waals surface area contributed by atoms with Crippen LogP contribution in [0, 0.1) is 6.92 Å². The maximum absolute atomic E-state index is 13.3. The maximum Gasteiger partial charge on any atom is 0.315 e. The summed E-state index contributed by atoms with van der Waals surface area (Å²) in [5, 5.41) is 5.88. The Kier molecular flexibility index (Phi) is 7.74. The van der Waals surface area contributed by atoms with E-state index in [1.807, 2.05) is 25.1 Å². The van der Waals surface area contributed by atoms with Crippen molar-refractivity contribution in [3.8, 4) is 0 Å². The first-order valence-electron chi connectivity index (χ1n) is 10.7.